The van der Waals surface area contributed by atoms with Crippen LogP contribution >= 0.6 is 0 Å². The maximum atomic E-state index is 11.8. The van der Waals surface area contributed by atoms with Gasteiger partial charge in [-0.1, -0.05) is 18.2 Å². The summed E-state index contributed by atoms with van der Waals surface area (Å²) in [4.78, 5) is 24.1. The molecule has 0 bridgehead atoms. The lowest BCUT2D eigenvalue weighted by Gasteiger charge is -2.13. The summed E-state index contributed by atoms with van der Waals surface area (Å²) < 4.78 is 0. The molecule has 2 amide bonds. The van der Waals surface area contributed by atoms with Crippen molar-refractivity contribution in [1.29, 1.82) is 0 Å². The molecule has 1 aliphatic rings. The molecule has 0 radical (unpaired) electrons. The minimum Gasteiger partial charge on any atom is -0.370 e. The summed E-state index contributed by atoms with van der Waals surface area (Å²) >= 11 is 0. The summed E-state index contributed by atoms with van der Waals surface area (Å²) in [6.45, 7) is 0.991. The van der Waals surface area contributed by atoms with Gasteiger partial charge in [-0.2, -0.15) is 0 Å². The van der Waals surface area contributed by atoms with E-state index < -0.39 is 0 Å². The molecular weight excluding hydrogens is 192 g/mol. The van der Waals surface area contributed by atoms with Crippen molar-refractivity contribution in [2.24, 2.45) is 5.73 Å². The van der Waals surface area contributed by atoms with E-state index in [-0.39, 0.29) is 18.2 Å². The normalized spacial score (nSPS) is 14.1. The fraction of sp³-hybridized carbons (Fsp3) is 0.273. The van der Waals surface area contributed by atoms with Crippen LogP contribution in [-0.2, 0) is 11.3 Å². The predicted octanol–water partition coefficient (Wildman–Crippen LogP) is 0.518. The Morgan fingerprint density at radius 1 is 1.40 bits per heavy atom. The standard InChI is InChI=1S/C11H12N2O2/c12-10(14)5-6-13-7-8-3-1-2-4-9(8)11(13)15/h1-4H,5-7H2,(H2,12,14). The lowest BCUT2D eigenvalue weighted by molar-refractivity contribution is -0.118. The van der Waals surface area contributed by atoms with Gasteiger partial charge in [0.2, 0.25) is 5.91 Å². The first kappa shape index (κ1) is 9.71. The average molecular weight is 204 g/mol. The Hall–Kier alpha value is -1.84. The van der Waals surface area contributed by atoms with E-state index in [0.717, 1.165) is 11.1 Å². The van der Waals surface area contributed by atoms with Gasteiger partial charge >= 0.3 is 0 Å². The SMILES string of the molecule is NC(=O)CCN1Cc2ccccc2C1=O. The number of amides is 2. The number of nitrogens with zero attached hydrogens (tertiary/aromatic N) is 1. The van der Waals surface area contributed by atoms with E-state index in [1.165, 1.54) is 0 Å². The number of rotatable bonds is 3. The van der Waals surface area contributed by atoms with Gasteiger partial charge in [0.15, 0.2) is 0 Å². The molecule has 4 heteroatoms. The third kappa shape index (κ3) is 1.83. The van der Waals surface area contributed by atoms with Crippen molar-refractivity contribution in [2.45, 2.75) is 13.0 Å². The summed E-state index contributed by atoms with van der Waals surface area (Å²) in [5.41, 5.74) is 6.80. The Balaban J connectivity index is 2.10. The van der Waals surface area contributed by atoms with E-state index in [4.69, 9.17) is 5.73 Å². The summed E-state index contributed by atoms with van der Waals surface area (Å²) in [5.74, 6) is -0.384. The van der Waals surface area contributed by atoms with Crippen LogP contribution in [0.25, 0.3) is 0 Å². The van der Waals surface area contributed by atoms with Gasteiger partial charge in [0.1, 0.15) is 0 Å². The summed E-state index contributed by atoms with van der Waals surface area (Å²) in [7, 11) is 0. The van der Waals surface area contributed by atoms with Crippen molar-refractivity contribution in [1.82, 2.24) is 4.90 Å². The molecule has 0 unspecified atom stereocenters. The molecule has 0 aliphatic carbocycles. The molecule has 15 heavy (non-hydrogen) atoms. The molecule has 4 nitrogen and oxygen atoms in total. The number of hydrogen-bond donors (Lipinski definition) is 1. The maximum Gasteiger partial charge on any atom is 0.254 e. The minimum absolute atomic E-state index is 0.00755. The third-order valence-electron chi connectivity index (χ3n) is 2.52. The monoisotopic (exact) mass is 204 g/mol. The molecule has 2 N–H and O–H groups in total. The number of hydrogen-bond acceptors (Lipinski definition) is 2. The van der Waals surface area contributed by atoms with Crippen LogP contribution in [0.1, 0.15) is 22.3 Å². The van der Waals surface area contributed by atoms with Gasteiger partial charge in [0, 0.05) is 25.1 Å². The second kappa shape index (κ2) is 3.73. The summed E-state index contributed by atoms with van der Waals surface area (Å²) in [5, 5.41) is 0. The zero-order valence-electron chi connectivity index (χ0n) is 8.27. The van der Waals surface area contributed by atoms with Crippen LogP contribution < -0.4 is 5.73 Å². The number of benzene rings is 1. The number of primary amides is 1. The largest absolute Gasteiger partial charge is 0.370 e. The maximum absolute atomic E-state index is 11.8. The molecule has 2 rings (SSSR count). The topological polar surface area (TPSA) is 63.4 Å². The van der Waals surface area contributed by atoms with Crippen LogP contribution in [0.4, 0.5) is 0 Å². The highest BCUT2D eigenvalue weighted by Crippen LogP contribution is 2.21. The van der Waals surface area contributed by atoms with E-state index in [9.17, 15) is 9.59 Å². The highest BCUT2D eigenvalue weighted by atomic mass is 16.2. The van der Waals surface area contributed by atoms with Gasteiger partial charge in [-0.3, -0.25) is 9.59 Å². The lowest BCUT2D eigenvalue weighted by Crippen LogP contribution is -2.28. The number of carbonyl (C=O) groups is 2. The highest BCUT2D eigenvalue weighted by molar-refractivity contribution is 5.98. The molecule has 0 saturated heterocycles. The van der Waals surface area contributed by atoms with Crippen molar-refractivity contribution in [3.05, 3.63) is 35.4 Å². The molecule has 0 fully saturated rings. The van der Waals surface area contributed by atoms with Crippen LogP contribution in [-0.4, -0.2) is 23.3 Å². The Bertz CT molecular complexity index is 415. The molecule has 0 saturated carbocycles. The fourth-order valence-electron chi connectivity index (χ4n) is 1.74. The van der Waals surface area contributed by atoms with Gasteiger partial charge in [-0.05, 0) is 11.6 Å². The highest BCUT2D eigenvalue weighted by Gasteiger charge is 2.26. The molecule has 1 aliphatic heterocycles. The van der Waals surface area contributed by atoms with Crippen LogP contribution in [0.2, 0.25) is 0 Å². The van der Waals surface area contributed by atoms with E-state index in [0.29, 0.717) is 13.1 Å². The predicted molar refractivity (Wildman–Crippen MR) is 55.0 cm³/mol. The van der Waals surface area contributed by atoms with Crippen molar-refractivity contribution in [2.75, 3.05) is 6.54 Å². The molecule has 0 spiro atoms. The zero-order chi connectivity index (χ0) is 10.8. The first-order chi connectivity index (χ1) is 7.18. The Kier molecular flexibility index (Phi) is 2.41. The Morgan fingerprint density at radius 3 is 2.80 bits per heavy atom. The van der Waals surface area contributed by atoms with E-state index in [2.05, 4.69) is 0 Å². The quantitative estimate of drug-likeness (QED) is 0.780. The van der Waals surface area contributed by atoms with Gasteiger partial charge in [-0.15, -0.1) is 0 Å². The second-order valence-electron chi connectivity index (χ2n) is 3.60. The minimum atomic E-state index is -0.376. The molecule has 1 aromatic rings. The molecule has 78 valence electrons. The van der Waals surface area contributed by atoms with Crippen LogP contribution in [0.3, 0.4) is 0 Å². The Labute approximate surface area is 87.7 Å². The Morgan fingerprint density at radius 2 is 2.13 bits per heavy atom. The van der Waals surface area contributed by atoms with Crippen molar-refractivity contribution < 1.29 is 9.59 Å². The number of carbonyl (C=O) groups excluding carboxylic acids is 2. The van der Waals surface area contributed by atoms with Gasteiger partial charge in [0.25, 0.3) is 5.91 Å². The summed E-state index contributed by atoms with van der Waals surface area (Å²) in [6, 6.07) is 7.48. The fourth-order valence-corrected chi connectivity index (χ4v) is 1.74. The average Bonchev–Trinajstić information content (AvgIpc) is 2.54. The molecule has 1 heterocycles. The van der Waals surface area contributed by atoms with Crippen molar-refractivity contribution in [3.8, 4) is 0 Å². The lowest BCUT2D eigenvalue weighted by atomic mass is 10.1. The van der Waals surface area contributed by atoms with Gasteiger partial charge in [-0.25, -0.2) is 0 Å². The third-order valence-corrected chi connectivity index (χ3v) is 2.52. The summed E-state index contributed by atoms with van der Waals surface area (Å²) in [6.07, 6.45) is 0.222. The van der Waals surface area contributed by atoms with Crippen LogP contribution in [0.5, 0.6) is 0 Å². The van der Waals surface area contributed by atoms with Crippen LogP contribution in [0, 0.1) is 0 Å². The molecule has 0 aromatic heterocycles. The smallest absolute Gasteiger partial charge is 0.254 e. The van der Waals surface area contributed by atoms with E-state index in [1.54, 1.807) is 4.90 Å². The van der Waals surface area contributed by atoms with Gasteiger partial charge < -0.3 is 10.6 Å². The van der Waals surface area contributed by atoms with E-state index >= 15 is 0 Å². The van der Waals surface area contributed by atoms with Gasteiger partial charge in [0.05, 0.1) is 0 Å². The zero-order valence-corrected chi connectivity index (χ0v) is 8.27. The molecule has 0 atom stereocenters. The van der Waals surface area contributed by atoms with E-state index in [1.807, 2.05) is 24.3 Å². The van der Waals surface area contributed by atoms with Crippen molar-refractivity contribution in [3.63, 3.8) is 0 Å². The second-order valence-corrected chi connectivity index (χ2v) is 3.60. The molecule has 1 aromatic carbocycles. The first-order valence-electron chi connectivity index (χ1n) is 4.84. The van der Waals surface area contributed by atoms with Crippen molar-refractivity contribution >= 4 is 11.8 Å². The van der Waals surface area contributed by atoms with Crippen LogP contribution in [0.15, 0.2) is 24.3 Å². The number of nitrogens with two attached hydrogens (primary N) is 1. The molecular formula is C11H12N2O2. The number of fused-ring (bicyclic) bond motifs is 1. The first-order valence-corrected chi connectivity index (χ1v) is 4.84.